The van der Waals surface area contributed by atoms with Crippen molar-refractivity contribution in [2.75, 3.05) is 20.1 Å². The first-order chi connectivity index (χ1) is 10.0. The number of nitrogens with zero attached hydrogens (tertiary/aromatic N) is 1. The van der Waals surface area contributed by atoms with E-state index in [1.807, 2.05) is 0 Å². The van der Waals surface area contributed by atoms with Crippen molar-refractivity contribution in [3.05, 3.63) is 17.6 Å². The zero-order valence-corrected chi connectivity index (χ0v) is 13.4. The van der Waals surface area contributed by atoms with Gasteiger partial charge in [-0.1, -0.05) is 0 Å². The Morgan fingerprint density at radius 3 is 2.95 bits per heavy atom. The molecular weight excluding hydrogens is 290 g/mol. The molecule has 0 spiro atoms. The van der Waals surface area contributed by atoms with Crippen molar-refractivity contribution in [3.8, 4) is 0 Å². The zero-order chi connectivity index (χ0) is 15.0. The highest BCUT2D eigenvalue weighted by Gasteiger charge is 2.39. The maximum atomic E-state index is 12.6. The fourth-order valence-electron chi connectivity index (χ4n) is 3.54. The van der Waals surface area contributed by atoms with E-state index in [0.717, 1.165) is 25.9 Å². The molecule has 7 heteroatoms. The molecule has 0 aliphatic carbocycles. The summed E-state index contributed by atoms with van der Waals surface area (Å²) in [7, 11) is -1.71. The second-order valence-corrected chi connectivity index (χ2v) is 7.61. The number of sulfonamides is 1. The molecule has 1 aromatic heterocycles. The van der Waals surface area contributed by atoms with Crippen molar-refractivity contribution in [2.24, 2.45) is 0 Å². The van der Waals surface area contributed by atoms with Crippen LogP contribution in [-0.4, -0.2) is 45.5 Å². The number of hydrogen-bond acceptors (Lipinski definition) is 5. The Morgan fingerprint density at radius 1 is 1.38 bits per heavy atom. The minimum Gasteiger partial charge on any atom is -0.464 e. The summed E-state index contributed by atoms with van der Waals surface area (Å²) < 4.78 is 33.6. The molecule has 3 heterocycles. The van der Waals surface area contributed by atoms with Gasteiger partial charge in [0.1, 0.15) is 16.4 Å². The minimum absolute atomic E-state index is 0.0274. The van der Waals surface area contributed by atoms with Crippen LogP contribution in [-0.2, 0) is 16.6 Å². The second-order valence-electron chi connectivity index (χ2n) is 5.93. The van der Waals surface area contributed by atoms with Gasteiger partial charge < -0.3 is 9.73 Å². The fraction of sp³-hybridized carbons (Fsp3) is 0.714. The number of rotatable bonds is 5. The lowest BCUT2D eigenvalue weighted by Gasteiger charge is -2.20. The average Bonchev–Trinajstić information content (AvgIpc) is 3.08. The summed E-state index contributed by atoms with van der Waals surface area (Å²) in [4.78, 5) is 2.66. The van der Waals surface area contributed by atoms with Crippen LogP contribution in [0.25, 0.3) is 0 Å². The Labute approximate surface area is 125 Å². The van der Waals surface area contributed by atoms with Gasteiger partial charge in [0.05, 0.1) is 6.54 Å². The van der Waals surface area contributed by atoms with Crippen LogP contribution in [0, 0.1) is 6.92 Å². The summed E-state index contributed by atoms with van der Waals surface area (Å²) in [5, 5.41) is 2.96. The lowest BCUT2D eigenvalue weighted by atomic mass is 10.1. The summed E-state index contributed by atoms with van der Waals surface area (Å²) >= 11 is 0. The molecule has 118 valence electrons. The Bertz CT molecular complexity index is 611. The predicted molar refractivity (Wildman–Crippen MR) is 79.5 cm³/mol. The number of furan rings is 1. The Hall–Kier alpha value is -0.890. The molecule has 6 nitrogen and oxygen atoms in total. The maximum Gasteiger partial charge on any atom is 0.244 e. The molecular formula is C14H23N3O3S. The Morgan fingerprint density at radius 2 is 2.19 bits per heavy atom. The fourth-order valence-corrected chi connectivity index (χ4v) is 5.04. The van der Waals surface area contributed by atoms with Gasteiger partial charge in [0, 0.05) is 24.7 Å². The molecule has 1 aromatic rings. The summed E-state index contributed by atoms with van der Waals surface area (Å²) in [6, 6.07) is 2.01. The predicted octanol–water partition coefficient (Wildman–Crippen LogP) is 0.822. The van der Waals surface area contributed by atoms with Crippen molar-refractivity contribution in [1.82, 2.24) is 14.9 Å². The van der Waals surface area contributed by atoms with E-state index in [2.05, 4.69) is 14.9 Å². The van der Waals surface area contributed by atoms with Gasteiger partial charge in [0.25, 0.3) is 0 Å². The minimum atomic E-state index is -3.51. The van der Waals surface area contributed by atoms with Crippen LogP contribution >= 0.6 is 0 Å². The van der Waals surface area contributed by atoms with Gasteiger partial charge in [0.15, 0.2) is 0 Å². The van der Waals surface area contributed by atoms with Crippen LogP contribution in [0.4, 0.5) is 0 Å². The third-order valence-electron chi connectivity index (χ3n) is 4.48. The van der Waals surface area contributed by atoms with Crippen LogP contribution in [0.2, 0.25) is 0 Å². The van der Waals surface area contributed by atoms with Crippen molar-refractivity contribution in [3.63, 3.8) is 0 Å². The molecule has 2 aliphatic rings. The highest BCUT2D eigenvalue weighted by Crippen LogP contribution is 2.29. The molecule has 2 unspecified atom stereocenters. The SMILES string of the molecule is CNCc1cc(S(=O)(=O)NC2CCN3CCCC23)c(C)o1. The van der Waals surface area contributed by atoms with E-state index in [1.54, 1.807) is 20.0 Å². The number of nitrogens with one attached hydrogen (secondary N) is 2. The molecule has 3 rings (SSSR count). The average molecular weight is 313 g/mol. The van der Waals surface area contributed by atoms with Gasteiger partial charge in [-0.15, -0.1) is 0 Å². The van der Waals surface area contributed by atoms with Gasteiger partial charge in [-0.2, -0.15) is 0 Å². The van der Waals surface area contributed by atoms with E-state index in [4.69, 9.17) is 4.42 Å². The lowest BCUT2D eigenvalue weighted by Crippen LogP contribution is -2.42. The Balaban J connectivity index is 1.77. The third kappa shape index (κ3) is 2.88. The topological polar surface area (TPSA) is 74.6 Å². The van der Waals surface area contributed by atoms with E-state index in [9.17, 15) is 8.42 Å². The molecule has 0 radical (unpaired) electrons. The summed E-state index contributed by atoms with van der Waals surface area (Å²) in [6.07, 6.45) is 3.15. The first-order valence-corrected chi connectivity index (χ1v) is 9.00. The van der Waals surface area contributed by atoms with Crippen molar-refractivity contribution in [1.29, 1.82) is 0 Å². The van der Waals surface area contributed by atoms with Crippen molar-refractivity contribution < 1.29 is 12.8 Å². The van der Waals surface area contributed by atoms with E-state index in [-0.39, 0.29) is 10.9 Å². The van der Waals surface area contributed by atoms with Gasteiger partial charge in [-0.25, -0.2) is 13.1 Å². The van der Waals surface area contributed by atoms with E-state index in [0.29, 0.717) is 24.1 Å². The molecule has 2 fully saturated rings. The van der Waals surface area contributed by atoms with Crippen LogP contribution < -0.4 is 10.0 Å². The molecule has 2 N–H and O–H groups in total. The van der Waals surface area contributed by atoms with Crippen molar-refractivity contribution in [2.45, 2.75) is 49.7 Å². The zero-order valence-electron chi connectivity index (χ0n) is 12.6. The quantitative estimate of drug-likeness (QED) is 0.842. The highest BCUT2D eigenvalue weighted by molar-refractivity contribution is 7.89. The second kappa shape index (κ2) is 5.72. The molecule has 0 amide bonds. The van der Waals surface area contributed by atoms with E-state index in [1.165, 1.54) is 6.42 Å². The van der Waals surface area contributed by atoms with Crippen LogP contribution in [0.5, 0.6) is 0 Å². The lowest BCUT2D eigenvalue weighted by molar-refractivity contribution is 0.309. The van der Waals surface area contributed by atoms with Crippen LogP contribution in [0.1, 0.15) is 30.8 Å². The Kier molecular flexibility index (Phi) is 4.09. The number of hydrogen-bond donors (Lipinski definition) is 2. The molecule has 2 aliphatic heterocycles. The molecule has 21 heavy (non-hydrogen) atoms. The summed E-state index contributed by atoms with van der Waals surface area (Å²) in [5.41, 5.74) is 0. The smallest absolute Gasteiger partial charge is 0.244 e. The maximum absolute atomic E-state index is 12.6. The van der Waals surface area contributed by atoms with Gasteiger partial charge in [-0.3, -0.25) is 4.90 Å². The van der Waals surface area contributed by atoms with Crippen molar-refractivity contribution >= 4 is 10.0 Å². The molecule has 0 saturated carbocycles. The third-order valence-corrected chi connectivity index (χ3v) is 6.07. The molecule has 0 aromatic carbocycles. The summed E-state index contributed by atoms with van der Waals surface area (Å²) in [6.45, 7) is 4.31. The molecule has 2 saturated heterocycles. The first kappa shape index (κ1) is 15.0. The number of fused-ring (bicyclic) bond motifs is 1. The van der Waals surface area contributed by atoms with Gasteiger partial charge in [-0.05, 0) is 39.8 Å². The van der Waals surface area contributed by atoms with Crippen LogP contribution in [0.15, 0.2) is 15.4 Å². The van der Waals surface area contributed by atoms with Crippen LogP contribution in [0.3, 0.4) is 0 Å². The van der Waals surface area contributed by atoms with Gasteiger partial charge >= 0.3 is 0 Å². The standard InChI is InChI=1S/C14H23N3O3S/c1-10-14(8-11(20-10)9-15-2)21(18,19)16-12-5-7-17-6-3-4-13(12)17/h8,12-13,15-16H,3-7,9H2,1-2H3. The normalized spacial score (nSPS) is 26.4. The monoisotopic (exact) mass is 313 g/mol. The van der Waals surface area contributed by atoms with E-state index >= 15 is 0 Å². The highest BCUT2D eigenvalue weighted by atomic mass is 32.2. The first-order valence-electron chi connectivity index (χ1n) is 7.51. The number of aryl methyl sites for hydroxylation is 1. The molecule has 2 atom stereocenters. The summed E-state index contributed by atoms with van der Waals surface area (Å²) in [5.74, 6) is 1.10. The van der Waals surface area contributed by atoms with E-state index < -0.39 is 10.0 Å². The van der Waals surface area contributed by atoms with Gasteiger partial charge in [0.2, 0.25) is 10.0 Å². The largest absolute Gasteiger partial charge is 0.464 e. The molecule has 0 bridgehead atoms.